The minimum absolute atomic E-state index is 0.326. The molecule has 3 nitrogen and oxygen atoms in total. The average molecular weight is 240 g/mol. The normalized spacial score (nSPS) is 21.7. The molecule has 0 radical (unpaired) electrons. The zero-order chi connectivity index (χ0) is 10.8. The fraction of sp³-hybridized carbons (Fsp3) is 1.00. The first-order valence-corrected chi connectivity index (χ1v) is 7.42. The van der Waals surface area contributed by atoms with Crippen LogP contribution in [0.25, 0.3) is 0 Å². The third-order valence-electron chi connectivity index (χ3n) is 2.56. The maximum absolute atomic E-state index is 11.1. The second-order valence-electron chi connectivity index (χ2n) is 4.37. The average Bonchev–Trinajstić information content (AvgIpc) is 2.02. The molecule has 0 unspecified atom stereocenters. The quantitative estimate of drug-likeness (QED) is 0.704. The molecular formula is C9H18ClNO2S. The number of hydrogen-bond donors (Lipinski definition) is 0. The molecule has 0 amide bonds. The first-order chi connectivity index (χ1) is 6.39. The molecule has 1 rings (SSSR count). The van der Waals surface area contributed by atoms with Crippen molar-refractivity contribution >= 4 is 19.7 Å². The molecule has 84 valence electrons. The second kappa shape index (κ2) is 4.81. The molecule has 0 aromatic heterocycles. The van der Waals surface area contributed by atoms with Gasteiger partial charge in [-0.1, -0.05) is 13.8 Å². The van der Waals surface area contributed by atoms with Gasteiger partial charge in [0.1, 0.15) is 0 Å². The zero-order valence-electron chi connectivity index (χ0n) is 8.74. The highest BCUT2D eigenvalue weighted by Gasteiger charge is 2.28. The molecule has 1 aliphatic rings. The van der Waals surface area contributed by atoms with Gasteiger partial charge in [0.05, 0.1) is 5.25 Å². The Labute approximate surface area is 90.8 Å². The molecule has 1 aliphatic heterocycles. The van der Waals surface area contributed by atoms with Gasteiger partial charge in [-0.2, -0.15) is 0 Å². The lowest BCUT2D eigenvalue weighted by atomic mass is 10.1. The molecule has 14 heavy (non-hydrogen) atoms. The van der Waals surface area contributed by atoms with Crippen LogP contribution < -0.4 is 0 Å². The molecule has 0 aliphatic carbocycles. The lowest BCUT2D eigenvalue weighted by Gasteiger charge is -2.31. The van der Waals surface area contributed by atoms with Crippen molar-refractivity contribution in [2.24, 2.45) is 5.92 Å². The van der Waals surface area contributed by atoms with E-state index >= 15 is 0 Å². The first kappa shape index (κ1) is 12.3. The van der Waals surface area contributed by atoms with Crippen LogP contribution in [0, 0.1) is 5.92 Å². The van der Waals surface area contributed by atoms with Gasteiger partial charge >= 0.3 is 0 Å². The van der Waals surface area contributed by atoms with Gasteiger partial charge in [-0.15, -0.1) is 0 Å². The van der Waals surface area contributed by atoms with E-state index in [1.165, 1.54) is 0 Å². The SMILES string of the molecule is CC(C)CN1CCC(S(=O)(=O)Cl)CC1. The fourth-order valence-electron chi connectivity index (χ4n) is 1.89. The summed E-state index contributed by atoms with van der Waals surface area (Å²) in [6.45, 7) is 7.10. The lowest BCUT2D eigenvalue weighted by molar-refractivity contribution is 0.207. The summed E-state index contributed by atoms with van der Waals surface area (Å²) >= 11 is 0. The molecule has 1 heterocycles. The topological polar surface area (TPSA) is 37.4 Å². The van der Waals surface area contributed by atoms with Crippen molar-refractivity contribution in [3.8, 4) is 0 Å². The molecule has 0 saturated carbocycles. The Morgan fingerprint density at radius 1 is 1.36 bits per heavy atom. The van der Waals surface area contributed by atoms with Gasteiger partial charge in [-0.3, -0.25) is 0 Å². The van der Waals surface area contributed by atoms with Crippen LogP contribution in [0.5, 0.6) is 0 Å². The van der Waals surface area contributed by atoms with Crippen LogP contribution in [0.15, 0.2) is 0 Å². The van der Waals surface area contributed by atoms with Gasteiger partial charge in [-0.05, 0) is 31.8 Å². The van der Waals surface area contributed by atoms with Crippen LogP contribution in [-0.2, 0) is 9.05 Å². The van der Waals surface area contributed by atoms with Gasteiger partial charge in [0, 0.05) is 17.2 Å². The smallest absolute Gasteiger partial charge is 0.235 e. The van der Waals surface area contributed by atoms with E-state index in [1.54, 1.807) is 0 Å². The molecule has 0 spiro atoms. The summed E-state index contributed by atoms with van der Waals surface area (Å²) in [6, 6.07) is 0. The minimum Gasteiger partial charge on any atom is -0.303 e. The van der Waals surface area contributed by atoms with E-state index in [4.69, 9.17) is 10.7 Å². The Bertz CT molecular complexity index is 269. The van der Waals surface area contributed by atoms with Gasteiger partial charge < -0.3 is 4.90 Å². The van der Waals surface area contributed by atoms with E-state index < -0.39 is 9.05 Å². The van der Waals surface area contributed by atoms with Gasteiger partial charge in [-0.25, -0.2) is 8.42 Å². The van der Waals surface area contributed by atoms with Crippen molar-refractivity contribution in [1.29, 1.82) is 0 Å². The Morgan fingerprint density at radius 3 is 2.21 bits per heavy atom. The van der Waals surface area contributed by atoms with E-state index in [-0.39, 0.29) is 5.25 Å². The molecule has 0 N–H and O–H groups in total. The summed E-state index contributed by atoms with van der Waals surface area (Å²) in [5.74, 6) is 0.638. The van der Waals surface area contributed by atoms with E-state index in [2.05, 4.69) is 18.7 Å². The van der Waals surface area contributed by atoms with Crippen LogP contribution >= 0.6 is 10.7 Å². The highest BCUT2D eigenvalue weighted by molar-refractivity contribution is 8.14. The summed E-state index contributed by atoms with van der Waals surface area (Å²) < 4.78 is 22.1. The fourth-order valence-corrected chi connectivity index (χ4v) is 3.20. The summed E-state index contributed by atoms with van der Waals surface area (Å²) in [5, 5.41) is -0.326. The predicted molar refractivity (Wildman–Crippen MR) is 59.1 cm³/mol. The van der Waals surface area contributed by atoms with Crippen LogP contribution in [0.4, 0.5) is 0 Å². The van der Waals surface area contributed by atoms with Crippen molar-refractivity contribution < 1.29 is 8.42 Å². The highest BCUT2D eigenvalue weighted by atomic mass is 35.7. The summed E-state index contributed by atoms with van der Waals surface area (Å²) in [4.78, 5) is 2.31. The largest absolute Gasteiger partial charge is 0.303 e. The van der Waals surface area contributed by atoms with Crippen LogP contribution in [0.1, 0.15) is 26.7 Å². The molecule has 0 aromatic carbocycles. The Morgan fingerprint density at radius 2 is 1.86 bits per heavy atom. The number of hydrogen-bond acceptors (Lipinski definition) is 3. The Balaban J connectivity index is 2.39. The monoisotopic (exact) mass is 239 g/mol. The molecule has 0 atom stereocenters. The molecule has 1 fully saturated rings. The van der Waals surface area contributed by atoms with Crippen LogP contribution in [0.3, 0.4) is 0 Å². The van der Waals surface area contributed by atoms with E-state index in [9.17, 15) is 8.42 Å². The van der Waals surface area contributed by atoms with Crippen molar-refractivity contribution in [1.82, 2.24) is 4.90 Å². The number of piperidine rings is 1. The summed E-state index contributed by atoms with van der Waals surface area (Å²) in [7, 11) is 1.99. The standard InChI is InChI=1S/C9H18ClNO2S/c1-8(2)7-11-5-3-9(4-6-11)14(10,12)13/h8-9H,3-7H2,1-2H3. The molecular weight excluding hydrogens is 222 g/mol. The highest BCUT2D eigenvalue weighted by Crippen LogP contribution is 2.21. The minimum atomic E-state index is -3.33. The van der Waals surface area contributed by atoms with Crippen molar-refractivity contribution in [2.75, 3.05) is 19.6 Å². The number of nitrogens with zero attached hydrogens (tertiary/aromatic N) is 1. The molecule has 5 heteroatoms. The van der Waals surface area contributed by atoms with Crippen molar-refractivity contribution in [3.05, 3.63) is 0 Å². The lowest BCUT2D eigenvalue weighted by Crippen LogP contribution is -2.39. The van der Waals surface area contributed by atoms with Crippen molar-refractivity contribution in [3.63, 3.8) is 0 Å². The number of likely N-dealkylation sites (tertiary alicyclic amines) is 1. The summed E-state index contributed by atoms with van der Waals surface area (Å²) in [6.07, 6.45) is 1.36. The predicted octanol–water partition coefficient (Wildman–Crippen LogP) is 1.68. The maximum atomic E-state index is 11.1. The molecule has 0 bridgehead atoms. The molecule has 0 aromatic rings. The van der Waals surface area contributed by atoms with Crippen LogP contribution in [-0.4, -0.2) is 38.2 Å². The van der Waals surface area contributed by atoms with Gasteiger partial charge in [0.2, 0.25) is 9.05 Å². The second-order valence-corrected chi connectivity index (χ2v) is 7.28. The first-order valence-electron chi connectivity index (χ1n) is 5.05. The summed E-state index contributed by atoms with van der Waals surface area (Å²) in [5.41, 5.74) is 0. The molecule has 1 saturated heterocycles. The zero-order valence-corrected chi connectivity index (χ0v) is 10.3. The third kappa shape index (κ3) is 3.75. The maximum Gasteiger partial charge on any atom is 0.235 e. The number of halogens is 1. The van der Waals surface area contributed by atoms with Gasteiger partial charge in [0.25, 0.3) is 0 Å². The van der Waals surface area contributed by atoms with Gasteiger partial charge in [0.15, 0.2) is 0 Å². The van der Waals surface area contributed by atoms with Crippen molar-refractivity contribution in [2.45, 2.75) is 31.9 Å². The Kier molecular flexibility index (Phi) is 4.22. The van der Waals surface area contributed by atoms with E-state index in [1.807, 2.05) is 0 Å². The third-order valence-corrected chi connectivity index (χ3v) is 4.58. The Hall–Kier alpha value is 0.200. The van der Waals surface area contributed by atoms with E-state index in [0.717, 1.165) is 19.6 Å². The number of rotatable bonds is 3. The van der Waals surface area contributed by atoms with Crippen LogP contribution in [0.2, 0.25) is 0 Å². The van der Waals surface area contributed by atoms with E-state index in [0.29, 0.717) is 18.8 Å².